The molecule has 0 radical (unpaired) electrons. The van der Waals surface area contributed by atoms with Crippen molar-refractivity contribution in [1.82, 2.24) is 0 Å². The maximum Gasteiger partial charge on any atom is 0.185 e. The van der Waals surface area contributed by atoms with Gasteiger partial charge in [0.2, 0.25) is 0 Å². The Bertz CT molecular complexity index is 1090. The van der Waals surface area contributed by atoms with Crippen LogP contribution in [0.3, 0.4) is 0 Å². The maximum atomic E-state index is 13.4. The molecule has 37 heavy (non-hydrogen) atoms. The van der Waals surface area contributed by atoms with Gasteiger partial charge in [-0.2, -0.15) is 0 Å². The van der Waals surface area contributed by atoms with Gasteiger partial charge >= 0.3 is 0 Å². The molecule has 0 N–H and O–H groups in total. The second kappa shape index (κ2) is 13.3. The standard InChI is InChI=1S/C30H36Cl2O5/c1-7-34-26-16-20(14-24(31)29(26)36-18(3)4)12-22-10-9-11-23(28(22)33)13-21-15-25(32)30(37-19(5)6)27(17-21)35-8-2/h12-19H,7-11H2,1-6H3/b22-12+,23-13+. The predicted octanol–water partition coefficient (Wildman–Crippen LogP) is 8.59. The lowest BCUT2D eigenvalue weighted by Crippen LogP contribution is -2.12. The van der Waals surface area contributed by atoms with E-state index in [9.17, 15) is 4.79 Å². The fourth-order valence-electron chi connectivity index (χ4n) is 4.15. The summed E-state index contributed by atoms with van der Waals surface area (Å²) >= 11 is 13.1. The van der Waals surface area contributed by atoms with Gasteiger partial charge in [-0.05, 0) is 108 Å². The molecular weight excluding hydrogens is 511 g/mol. The van der Waals surface area contributed by atoms with Crippen LogP contribution in [-0.4, -0.2) is 31.2 Å². The Balaban J connectivity index is 1.94. The van der Waals surface area contributed by atoms with E-state index >= 15 is 0 Å². The molecular formula is C30H36Cl2O5. The SMILES string of the molecule is CCOc1cc(/C=C2\CCC/C(=C\c3cc(Cl)c(OC(C)C)c(OCC)c3)C2=O)cc(Cl)c1OC(C)C. The fourth-order valence-corrected chi connectivity index (χ4v) is 4.68. The first-order valence-electron chi connectivity index (χ1n) is 12.8. The third-order valence-corrected chi connectivity index (χ3v) is 6.09. The van der Waals surface area contributed by atoms with Gasteiger partial charge in [0, 0.05) is 11.1 Å². The molecule has 0 aliphatic heterocycles. The molecule has 0 saturated heterocycles. The number of hydrogen-bond donors (Lipinski definition) is 0. The van der Waals surface area contributed by atoms with Gasteiger partial charge in [0.05, 0.1) is 35.5 Å². The van der Waals surface area contributed by atoms with E-state index in [-0.39, 0.29) is 18.0 Å². The average molecular weight is 548 g/mol. The Labute approximate surface area is 230 Å². The molecule has 7 heteroatoms. The second-order valence-corrected chi connectivity index (χ2v) is 10.2. The van der Waals surface area contributed by atoms with E-state index in [1.165, 1.54) is 0 Å². The number of benzene rings is 2. The zero-order chi connectivity index (χ0) is 27.1. The Morgan fingerprint density at radius 2 is 1.16 bits per heavy atom. The van der Waals surface area contributed by atoms with Crippen molar-refractivity contribution in [2.24, 2.45) is 0 Å². The molecule has 2 aromatic carbocycles. The van der Waals surface area contributed by atoms with Gasteiger partial charge in [0.1, 0.15) is 0 Å². The lowest BCUT2D eigenvalue weighted by molar-refractivity contribution is -0.112. The molecule has 1 fully saturated rings. The first kappa shape index (κ1) is 28.9. The Hall–Kier alpha value is -2.63. The summed E-state index contributed by atoms with van der Waals surface area (Å²) in [4.78, 5) is 13.4. The highest BCUT2D eigenvalue weighted by atomic mass is 35.5. The summed E-state index contributed by atoms with van der Waals surface area (Å²) in [6.07, 6.45) is 5.93. The van der Waals surface area contributed by atoms with E-state index in [1.807, 2.05) is 78.0 Å². The minimum absolute atomic E-state index is 0.0134. The molecule has 1 saturated carbocycles. The molecule has 0 bridgehead atoms. The molecule has 0 heterocycles. The van der Waals surface area contributed by atoms with E-state index in [1.54, 1.807) is 0 Å². The smallest absolute Gasteiger partial charge is 0.185 e. The fraction of sp³-hybridized carbons (Fsp3) is 0.433. The van der Waals surface area contributed by atoms with Crippen LogP contribution < -0.4 is 18.9 Å². The van der Waals surface area contributed by atoms with Crippen LogP contribution in [0.1, 0.15) is 71.9 Å². The molecule has 0 spiro atoms. The summed E-state index contributed by atoms with van der Waals surface area (Å²) in [7, 11) is 0. The van der Waals surface area contributed by atoms with Crippen molar-refractivity contribution in [3.05, 3.63) is 56.6 Å². The van der Waals surface area contributed by atoms with Gasteiger partial charge in [-0.3, -0.25) is 4.79 Å². The topological polar surface area (TPSA) is 54.0 Å². The van der Waals surface area contributed by atoms with Crippen molar-refractivity contribution in [2.75, 3.05) is 13.2 Å². The Morgan fingerprint density at radius 1 is 0.757 bits per heavy atom. The summed E-state index contributed by atoms with van der Waals surface area (Å²) in [5.74, 6) is 2.18. The molecule has 200 valence electrons. The zero-order valence-corrected chi connectivity index (χ0v) is 24.0. The Kier molecular flexibility index (Phi) is 10.4. The number of carbonyl (C=O) groups is 1. The van der Waals surface area contributed by atoms with Crippen LogP contribution in [0.25, 0.3) is 12.2 Å². The van der Waals surface area contributed by atoms with Gasteiger partial charge in [-0.1, -0.05) is 23.2 Å². The number of hydrogen-bond acceptors (Lipinski definition) is 5. The molecule has 0 unspecified atom stereocenters. The normalized spacial score (nSPS) is 16.1. The Morgan fingerprint density at radius 3 is 1.51 bits per heavy atom. The summed E-state index contributed by atoms with van der Waals surface area (Å²) < 4.78 is 23.3. The maximum absolute atomic E-state index is 13.4. The van der Waals surface area contributed by atoms with E-state index in [0.717, 1.165) is 28.7 Å². The van der Waals surface area contributed by atoms with Crippen molar-refractivity contribution in [2.45, 2.75) is 73.0 Å². The number of rotatable bonds is 10. The quantitative estimate of drug-likeness (QED) is 0.279. The van der Waals surface area contributed by atoms with E-state index < -0.39 is 0 Å². The highest BCUT2D eigenvalue weighted by molar-refractivity contribution is 6.33. The number of ether oxygens (including phenoxy) is 4. The van der Waals surface area contributed by atoms with Crippen molar-refractivity contribution in [1.29, 1.82) is 0 Å². The van der Waals surface area contributed by atoms with Crippen LogP contribution in [0.4, 0.5) is 0 Å². The second-order valence-electron chi connectivity index (χ2n) is 9.38. The average Bonchev–Trinajstić information content (AvgIpc) is 2.81. The van der Waals surface area contributed by atoms with Crippen molar-refractivity contribution < 1.29 is 23.7 Å². The van der Waals surface area contributed by atoms with Gasteiger partial charge < -0.3 is 18.9 Å². The van der Waals surface area contributed by atoms with Crippen LogP contribution in [0.2, 0.25) is 10.0 Å². The van der Waals surface area contributed by atoms with Crippen molar-refractivity contribution in [3.8, 4) is 23.0 Å². The van der Waals surface area contributed by atoms with Crippen LogP contribution in [0, 0.1) is 0 Å². The van der Waals surface area contributed by atoms with E-state index in [0.29, 0.717) is 59.1 Å². The molecule has 1 aliphatic rings. The van der Waals surface area contributed by atoms with Gasteiger partial charge in [-0.25, -0.2) is 0 Å². The van der Waals surface area contributed by atoms with Crippen LogP contribution in [-0.2, 0) is 4.79 Å². The summed E-state index contributed by atoms with van der Waals surface area (Å²) in [6.45, 7) is 12.5. The molecule has 0 aromatic heterocycles. The predicted molar refractivity (Wildman–Crippen MR) is 152 cm³/mol. The largest absolute Gasteiger partial charge is 0.490 e. The third-order valence-electron chi connectivity index (χ3n) is 5.53. The third kappa shape index (κ3) is 7.68. The number of ketones is 1. The molecule has 0 atom stereocenters. The first-order chi connectivity index (χ1) is 17.6. The number of Topliss-reactive ketones (excluding diaryl/α,β-unsaturated/α-hetero) is 1. The minimum atomic E-state index is -0.0451. The number of allylic oxidation sites excluding steroid dienone is 2. The van der Waals surface area contributed by atoms with Gasteiger partial charge in [-0.15, -0.1) is 0 Å². The first-order valence-corrected chi connectivity index (χ1v) is 13.6. The molecule has 0 amide bonds. The van der Waals surface area contributed by atoms with Gasteiger partial charge in [0.25, 0.3) is 0 Å². The number of halogens is 2. The number of carbonyl (C=O) groups excluding carboxylic acids is 1. The molecule has 5 nitrogen and oxygen atoms in total. The highest BCUT2D eigenvalue weighted by Gasteiger charge is 2.22. The monoisotopic (exact) mass is 546 g/mol. The summed E-state index contributed by atoms with van der Waals surface area (Å²) in [6, 6.07) is 7.35. The van der Waals surface area contributed by atoms with Crippen LogP contribution in [0.5, 0.6) is 23.0 Å². The lowest BCUT2D eigenvalue weighted by atomic mass is 9.87. The van der Waals surface area contributed by atoms with Crippen molar-refractivity contribution in [3.63, 3.8) is 0 Å². The van der Waals surface area contributed by atoms with Gasteiger partial charge in [0.15, 0.2) is 28.8 Å². The minimum Gasteiger partial charge on any atom is -0.490 e. The zero-order valence-electron chi connectivity index (χ0n) is 22.5. The summed E-state index contributed by atoms with van der Waals surface area (Å²) in [5.41, 5.74) is 3.05. The molecule has 2 aromatic rings. The highest BCUT2D eigenvalue weighted by Crippen LogP contribution is 2.40. The lowest BCUT2D eigenvalue weighted by Gasteiger charge is -2.19. The summed E-state index contributed by atoms with van der Waals surface area (Å²) in [5, 5.41) is 0.902. The molecule has 3 rings (SSSR count). The van der Waals surface area contributed by atoms with E-state index in [2.05, 4.69) is 0 Å². The van der Waals surface area contributed by atoms with Crippen molar-refractivity contribution >= 4 is 41.1 Å². The van der Waals surface area contributed by atoms with E-state index in [4.69, 9.17) is 42.1 Å². The van der Waals surface area contributed by atoms with Crippen LogP contribution >= 0.6 is 23.2 Å². The van der Waals surface area contributed by atoms with Crippen LogP contribution in [0.15, 0.2) is 35.4 Å². The molecule has 1 aliphatic carbocycles.